The second-order valence-corrected chi connectivity index (χ2v) is 4.95. The van der Waals surface area contributed by atoms with E-state index in [9.17, 15) is 9.90 Å². The van der Waals surface area contributed by atoms with Gasteiger partial charge in [-0.1, -0.05) is 35.3 Å². The van der Waals surface area contributed by atoms with E-state index < -0.39 is 5.97 Å². The summed E-state index contributed by atoms with van der Waals surface area (Å²) >= 11 is 12.0. The average molecular weight is 327 g/mol. The van der Waals surface area contributed by atoms with Crippen LogP contribution in [0.4, 0.5) is 0 Å². The minimum absolute atomic E-state index is 0.0208. The van der Waals surface area contributed by atoms with Crippen LogP contribution in [0, 0.1) is 0 Å². The lowest BCUT2D eigenvalue weighted by Gasteiger charge is -2.11. The van der Waals surface area contributed by atoms with Crippen molar-refractivity contribution < 1.29 is 19.4 Å². The van der Waals surface area contributed by atoms with Crippen molar-refractivity contribution in [2.75, 3.05) is 7.11 Å². The molecule has 110 valence electrons. The molecule has 0 aliphatic rings. The van der Waals surface area contributed by atoms with Crippen molar-refractivity contribution in [2.24, 2.45) is 0 Å². The molecule has 0 saturated carbocycles. The van der Waals surface area contributed by atoms with E-state index in [-0.39, 0.29) is 17.9 Å². The van der Waals surface area contributed by atoms with Crippen molar-refractivity contribution in [3.05, 3.63) is 57.6 Å². The maximum absolute atomic E-state index is 11.2. The Kier molecular flexibility index (Phi) is 4.94. The van der Waals surface area contributed by atoms with Crippen LogP contribution < -0.4 is 9.47 Å². The highest BCUT2D eigenvalue weighted by Crippen LogP contribution is 2.28. The molecule has 0 unspecified atom stereocenters. The van der Waals surface area contributed by atoms with E-state index in [2.05, 4.69) is 0 Å². The summed E-state index contributed by atoms with van der Waals surface area (Å²) in [6.07, 6.45) is 0. The van der Waals surface area contributed by atoms with Crippen LogP contribution in [0.25, 0.3) is 0 Å². The number of benzene rings is 2. The van der Waals surface area contributed by atoms with Crippen LogP contribution in [0.1, 0.15) is 15.9 Å². The minimum atomic E-state index is -1.10. The van der Waals surface area contributed by atoms with Gasteiger partial charge in [-0.3, -0.25) is 0 Å². The number of aromatic carboxylic acids is 1. The van der Waals surface area contributed by atoms with E-state index in [1.807, 2.05) is 0 Å². The highest BCUT2D eigenvalue weighted by atomic mass is 35.5. The lowest BCUT2D eigenvalue weighted by molar-refractivity contribution is 0.0691. The molecule has 0 fully saturated rings. The van der Waals surface area contributed by atoms with Crippen molar-refractivity contribution in [3.63, 3.8) is 0 Å². The molecule has 21 heavy (non-hydrogen) atoms. The predicted octanol–water partition coefficient (Wildman–Crippen LogP) is 4.28. The topological polar surface area (TPSA) is 55.8 Å². The van der Waals surface area contributed by atoms with Gasteiger partial charge in [0.1, 0.15) is 23.7 Å². The van der Waals surface area contributed by atoms with E-state index >= 15 is 0 Å². The van der Waals surface area contributed by atoms with E-state index in [1.165, 1.54) is 13.2 Å². The summed E-state index contributed by atoms with van der Waals surface area (Å²) in [5, 5.41) is 10.0. The van der Waals surface area contributed by atoms with Gasteiger partial charge < -0.3 is 14.6 Å². The first-order valence-electron chi connectivity index (χ1n) is 6.00. The lowest BCUT2D eigenvalue weighted by Crippen LogP contribution is -2.04. The van der Waals surface area contributed by atoms with Crippen LogP contribution in [0.15, 0.2) is 36.4 Å². The standard InChI is InChI=1S/C15H12Cl2O4/c1-20-10-5-6-13(11(7-10)15(18)19)21-8-9-3-2-4-12(16)14(9)17/h2-7H,8H2,1H3,(H,18,19). The summed E-state index contributed by atoms with van der Waals surface area (Å²) in [7, 11) is 1.47. The number of carboxylic acids is 1. The van der Waals surface area contributed by atoms with E-state index in [4.69, 9.17) is 32.7 Å². The van der Waals surface area contributed by atoms with Gasteiger partial charge in [-0.15, -0.1) is 0 Å². The second kappa shape index (κ2) is 6.70. The summed E-state index contributed by atoms with van der Waals surface area (Å²) in [5.74, 6) is -0.416. The molecule has 0 aromatic heterocycles. The highest BCUT2D eigenvalue weighted by Gasteiger charge is 2.14. The van der Waals surface area contributed by atoms with Crippen LogP contribution in [-0.4, -0.2) is 18.2 Å². The zero-order valence-corrected chi connectivity index (χ0v) is 12.6. The monoisotopic (exact) mass is 326 g/mol. The van der Waals surface area contributed by atoms with Crippen molar-refractivity contribution in [1.29, 1.82) is 0 Å². The Bertz CT molecular complexity index is 671. The molecule has 0 radical (unpaired) electrons. The highest BCUT2D eigenvalue weighted by molar-refractivity contribution is 6.42. The molecule has 0 heterocycles. The zero-order chi connectivity index (χ0) is 15.4. The molecule has 0 aliphatic heterocycles. The number of halogens is 2. The molecular formula is C15H12Cl2O4. The Morgan fingerprint density at radius 1 is 1.24 bits per heavy atom. The number of methoxy groups -OCH3 is 1. The molecule has 0 saturated heterocycles. The second-order valence-electron chi connectivity index (χ2n) is 4.17. The van der Waals surface area contributed by atoms with Gasteiger partial charge in [0.25, 0.3) is 0 Å². The van der Waals surface area contributed by atoms with Crippen LogP contribution >= 0.6 is 23.2 Å². The lowest BCUT2D eigenvalue weighted by atomic mass is 10.2. The number of rotatable bonds is 5. The average Bonchev–Trinajstić information content (AvgIpc) is 2.48. The maximum atomic E-state index is 11.2. The number of carboxylic acid groups (broad SMARTS) is 1. The number of carbonyl (C=O) groups is 1. The van der Waals surface area contributed by atoms with Gasteiger partial charge in [0.2, 0.25) is 0 Å². The van der Waals surface area contributed by atoms with Crippen LogP contribution in [-0.2, 0) is 6.61 Å². The van der Waals surface area contributed by atoms with Crippen molar-refractivity contribution in [3.8, 4) is 11.5 Å². The number of hydrogen-bond donors (Lipinski definition) is 1. The van der Waals surface area contributed by atoms with Gasteiger partial charge in [0.15, 0.2) is 0 Å². The smallest absolute Gasteiger partial charge is 0.339 e. The maximum Gasteiger partial charge on any atom is 0.339 e. The fourth-order valence-electron chi connectivity index (χ4n) is 1.74. The predicted molar refractivity (Wildman–Crippen MR) is 80.7 cm³/mol. The number of hydrogen-bond acceptors (Lipinski definition) is 3. The van der Waals surface area contributed by atoms with Crippen molar-refractivity contribution in [2.45, 2.75) is 6.61 Å². The first-order chi connectivity index (χ1) is 10.0. The largest absolute Gasteiger partial charge is 0.497 e. The van der Waals surface area contributed by atoms with Gasteiger partial charge in [-0.2, -0.15) is 0 Å². The molecule has 0 bridgehead atoms. The Hall–Kier alpha value is -1.91. The molecular weight excluding hydrogens is 315 g/mol. The Morgan fingerprint density at radius 3 is 2.67 bits per heavy atom. The van der Waals surface area contributed by atoms with Crippen LogP contribution in [0.2, 0.25) is 10.0 Å². The van der Waals surface area contributed by atoms with Gasteiger partial charge in [0, 0.05) is 5.56 Å². The summed E-state index contributed by atoms with van der Waals surface area (Å²) in [5.41, 5.74) is 0.698. The van der Waals surface area contributed by atoms with Crippen molar-refractivity contribution >= 4 is 29.2 Å². The van der Waals surface area contributed by atoms with Gasteiger partial charge >= 0.3 is 5.97 Å². The molecule has 0 spiro atoms. The zero-order valence-electron chi connectivity index (χ0n) is 11.1. The Morgan fingerprint density at radius 2 is 2.00 bits per heavy atom. The molecule has 1 N–H and O–H groups in total. The summed E-state index contributed by atoms with van der Waals surface area (Å²) in [4.78, 5) is 11.2. The molecule has 2 rings (SSSR count). The van der Waals surface area contributed by atoms with E-state index in [1.54, 1.807) is 30.3 Å². The Balaban J connectivity index is 2.23. The molecule has 0 aliphatic carbocycles. The summed E-state index contributed by atoms with van der Waals surface area (Å²) in [6, 6.07) is 9.75. The molecule has 0 amide bonds. The van der Waals surface area contributed by atoms with Gasteiger partial charge in [-0.05, 0) is 24.3 Å². The fraction of sp³-hybridized carbons (Fsp3) is 0.133. The minimum Gasteiger partial charge on any atom is -0.497 e. The third-order valence-corrected chi connectivity index (χ3v) is 3.69. The van der Waals surface area contributed by atoms with Gasteiger partial charge in [0.05, 0.1) is 17.2 Å². The summed E-state index contributed by atoms with van der Waals surface area (Å²) in [6.45, 7) is 0.117. The molecule has 2 aromatic rings. The Labute approximate surface area is 131 Å². The van der Waals surface area contributed by atoms with Gasteiger partial charge in [-0.25, -0.2) is 4.79 Å². The van der Waals surface area contributed by atoms with E-state index in [0.29, 0.717) is 21.4 Å². The fourth-order valence-corrected chi connectivity index (χ4v) is 2.12. The third-order valence-electron chi connectivity index (χ3n) is 2.83. The first kappa shape index (κ1) is 15.5. The van der Waals surface area contributed by atoms with Crippen LogP contribution in [0.5, 0.6) is 11.5 Å². The summed E-state index contributed by atoms with van der Waals surface area (Å²) < 4.78 is 10.5. The molecule has 0 atom stereocenters. The third kappa shape index (κ3) is 3.60. The van der Waals surface area contributed by atoms with Crippen LogP contribution in [0.3, 0.4) is 0 Å². The molecule has 6 heteroatoms. The van der Waals surface area contributed by atoms with E-state index in [0.717, 1.165) is 0 Å². The normalized spacial score (nSPS) is 10.2. The molecule has 4 nitrogen and oxygen atoms in total. The quantitative estimate of drug-likeness (QED) is 0.890. The first-order valence-corrected chi connectivity index (χ1v) is 6.75. The van der Waals surface area contributed by atoms with Crippen molar-refractivity contribution in [1.82, 2.24) is 0 Å². The SMILES string of the molecule is COc1ccc(OCc2cccc(Cl)c2Cl)c(C(=O)O)c1. The molecule has 2 aromatic carbocycles. The number of ether oxygens (including phenoxy) is 2.